The summed E-state index contributed by atoms with van der Waals surface area (Å²) in [5.74, 6) is 0. The molecule has 0 saturated carbocycles. The predicted molar refractivity (Wildman–Crippen MR) is 113 cm³/mol. The molecule has 0 aliphatic rings. The Hall–Kier alpha value is -2.30. The quantitative estimate of drug-likeness (QED) is 0.391. The normalized spacial score (nSPS) is 11.1. The van der Waals surface area contributed by atoms with E-state index in [9.17, 15) is 0 Å². The molecule has 130 valence electrons. The minimum atomic E-state index is 0.990. The number of aromatic nitrogens is 2. The Morgan fingerprint density at radius 3 is 2.19 bits per heavy atom. The van der Waals surface area contributed by atoms with Crippen molar-refractivity contribution < 1.29 is 0 Å². The van der Waals surface area contributed by atoms with Crippen LogP contribution in [0.3, 0.4) is 0 Å². The molecule has 0 N–H and O–H groups in total. The lowest BCUT2D eigenvalue weighted by Gasteiger charge is -2.03. The zero-order valence-electron chi connectivity index (χ0n) is 15.3. The van der Waals surface area contributed by atoms with E-state index in [1.165, 1.54) is 27.1 Å². The van der Waals surface area contributed by atoms with Gasteiger partial charge in [0.1, 0.15) is 0 Å². The van der Waals surface area contributed by atoms with Crippen molar-refractivity contribution in [2.75, 3.05) is 0 Å². The van der Waals surface area contributed by atoms with Crippen LogP contribution in [0.4, 0.5) is 0 Å². The molecule has 0 spiro atoms. The molecule has 0 unspecified atom stereocenters. The molecular weight excluding hydrogens is 356 g/mol. The third-order valence-corrected chi connectivity index (χ3v) is 6.57. The fraction of sp³-hybridized carbons (Fsp3) is 0.182. The van der Waals surface area contributed by atoms with Crippen molar-refractivity contribution in [2.45, 2.75) is 27.7 Å². The van der Waals surface area contributed by atoms with Crippen LogP contribution in [0.25, 0.3) is 32.5 Å². The van der Waals surface area contributed by atoms with Gasteiger partial charge in [-0.2, -0.15) is 0 Å². The van der Waals surface area contributed by atoms with Gasteiger partial charge in [-0.3, -0.25) is 0 Å². The smallest absolute Gasteiger partial charge is 0.153 e. The summed E-state index contributed by atoms with van der Waals surface area (Å²) >= 11 is 3.38. The molecular formula is C22H20N2S2. The van der Waals surface area contributed by atoms with Crippen LogP contribution in [0.2, 0.25) is 0 Å². The average Bonchev–Trinajstić information content (AvgIpc) is 3.25. The predicted octanol–water partition coefficient (Wildman–Crippen LogP) is 6.83. The van der Waals surface area contributed by atoms with E-state index in [4.69, 9.17) is 9.97 Å². The first kappa shape index (κ1) is 17.1. The van der Waals surface area contributed by atoms with Crippen LogP contribution in [0, 0.1) is 27.7 Å². The number of benzene rings is 2. The van der Waals surface area contributed by atoms with Crippen molar-refractivity contribution in [1.29, 1.82) is 0 Å². The van der Waals surface area contributed by atoms with Crippen molar-refractivity contribution in [3.05, 3.63) is 69.4 Å². The van der Waals surface area contributed by atoms with E-state index in [1.807, 2.05) is 0 Å². The second-order valence-electron chi connectivity index (χ2n) is 6.63. The van der Waals surface area contributed by atoms with Crippen molar-refractivity contribution >= 4 is 22.7 Å². The lowest BCUT2D eigenvalue weighted by molar-refractivity contribution is 1.30. The van der Waals surface area contributed by atoms with E-state index in [0.717, 1.165) is 27.0 Å². The van der Waals surface area contributed by atoms with Crippen LogP contribution >= 0.6 is 22.7 Å². The second-order valence-corrected chi connectivity index (χ2v) is 8.69. The van der Waals surface area contributed by atoms with Crippen LogP contribution in [0.1, 0.15) is 21.6 Å². The van der Waals surface area contributed by atoms with Gasteiger partial charge in [-0.1, -0.05) is 42.0 Å². The van der Waals surface area contributed by atoms with E-state index < -0.39 is 0 Å². The number of nitrogens with zero attached hydrogens (tertiary/aromatic N) is 2. The Bertz CT molecular complexity index is 1070. The monoisotopic (exact) mass is 376 g/mol. The topological polar surface area (TPSA) is 25.8 Å². The van der Waals surface area contributed by atoms with E-state index in [0.29, 0.717) is 0 Å². The number of hydrogen-bond donors (Lipinski definition) is 0. The number of rotatable bonds is 3. The average molecular weight is 377 g/mol. The zero-order chi connectivity index (χ0) is 18.3. The van der Waals surface area contributed by atoms with Gasteiger partial charge in [-0.15, -0.1) is 22.7 Å². The van der Waals surface area contributed by atoms with Gasteiger partial charge >= 0.3 is 0 Å². The summed E-state index contributed by atoms with van der Waals surface area (Å²) in [6.45, 7) is 8.53. The van der Waals surface area contributed by atoms with Crippen molar-refractivity contribution in [2.24, 2.45) is 0 Å². The van der Waals surface area contributed by atoms with E-state index in [1.54, 1.807) is 22.7 Å². The molecule has 0 fully saturated rings. The summed E-state index contributed by atoms with van der Waals surface area (Å²) in [4.78, 5) is 11.0. The van der Waals surface area contributed by atoms with Crippen LogP contribution in [0.5, 0.6) is 0 Å². The highest BCUT2D eigenvalue weighted by molar-refractivity contribution is 7.21. The summed E-state index contributed by atoms with van der Waals surface area (Å²) < 4.78 is 0. The van der Waals surface area contributed by atoms with Gasteiger partial charge in [0.15, 0.2) is 10.0 Å². The Balaban J connectivity index is 1.69. The summed E-state index contributed by atoms with van der Waals surface area (Å²) in [5, 5.41) is 4.11. The number of hydrogen-bond acceptors (Lipinski definition) is 4. The third kappa shape index (κ3) is 3.22. The van der Waals surface area contributed by atoms with E-state index in [-0.39, 0.29) is 0 Å². The molecule has 0 bridgehead atoms. The molecule has 2 aromatic heterocycles. The molecule has 0 radical (unpaired) electrons. The fourth-order valence-electron chi connectivity index (χ4n) is 2.87. The summed E-state index contributed by atoms with van der Waals surface area (Å²) in [6.07, 6.45) is 0. The van der Waals surface area contributed by atoms with Gasteiger partial charge in [-0.05, 0) is 44.9 Å². The Kier molecular flexibility index (Phi) is 4.47. The molecule has 2 aromatic carbocycles. The van der Waals surface area contributed by atoms with Gasteiger partial charge in [0.2, 0.25) is 0 Å². The highest BCUT2D eigenvalue weighted by Gasteiger charge is 2.15. The molecule has 0 amide bonds. The second kappa shape index (κ2) is 6.78. The van der Waals surface area contributed by atoms with Gasteiger partial charge < -0.3 is 0 Å². The highest BCUT2D eigenvalue weighted by atomic mass is 32.1. The lowest BCUT2D eigenvalue weighted by Crippen LogP contribution is -1.85. The number of aryl methyl sites for hydroxylation is 4. The molecule has 2 nitrogen and oxygen atoms in total. The van der Waals surface area contributed by atoms with Crippen LogP contribution < -0.4 is 0 Å². The SMILES string of the molecule is Cc1ccc(-c2csc(-c3nc(-c4ccc(C)c(C)c4)c(C)s3)n2)cc1. The summed E-state index contributed by atoms with van der Waals surface area (Å²) in [5.41, 5.74) is 8.30. The fourth-order valence-corrected chi connectivity index (χ4v) is 4.67. The summed E-state index contributed by atoms with van der Waals surface area (Å²) in [7, 11) is 0. The standard InChI is InChI=1S/C22H20N2S2/c1-13-5-8-17(9-6-13)19-12-25-21(23-19)22-24-20(16(4)26-22)18-10-7-14(2)15(3)11-18/h5-12H,1-4H3. The molecule has 4 heteroatoms. The van der Waals surface area contributed by atoms with Crippen LogP contribution in [0.15, 0.2) is 47.8 Å². The maximum absolute atomic E-state index is 4.91. The van der Waals surface area contributed by atoms with Crippen molar-refractivity contribution in [3.8, 4) is 32.5 Å². The first-order valence-corrected chi connectivity index (χ1v) is 10.3. The molecule has 2 heterocycles. The molecule has 26 heavy (non-hydrogen) atoms. The van der Waals surface area contributed by atoms with Gasteiger partial charge in [0.25, 0.3) is 0 Å². The number of thiazole rings is 2. The van der Waals surface area contributed by atoms with Gasteiger partial charge in [-0.25, -0.2) is 9.97 Å². The van der Waals surface area contributed by atoms with Gasteiger partial charge in [0, 0.05) is 21.4 Å². The maximum atomic E-state index is 4.91. The Morgan fingerprint density at radius 1 is 0.731 bits per heavy atom. The molecule has 0 aliphatic carbocycles. The minimum Gasteiger partial charge on any atom is -0.233 e. The van der Waals surface area contributed by atoms with E-state index >= 15 is 0 Å². The van der Waals surface area contributed by atoms with Crippen molar-refractivity contribution in [3.63, 3.8) is 0 Å². The Labute approximate surface area is 162 Å². The Morgan fingerprint density at radius 2 is 1.46 bits per heavy atom. The maximum Gasteiger partial charge on any atom is 0.153 e. The molecule has 0 saturated heterocycles. The minimum absolute atomic E-state index is 0.990. The van der Waals surface area contributed by atoms with Crippen molar-refractivity contribution in [1.82, 2.24) is 9.97 Å². The van der Waals surface area contributed by atoms with Crippen LogP contribution in [-0.4, -0.2) is 9.97 Å². The molecule has 0 atom stereocenters. The largest absolute Gasteiger partial charge is 0.233 e. The molecule has 4 rings (SSSR count). The van der Waals surface area contributed by atoms with Crippen LogP contribution in [-0.2, 0) is 0 Å². The van der Waals surface area contributed by atoms with E-state index in [2.05, 4.69) is 75.5 Å². The highest BCUT2D eigenvalue weighted by Crippen LogP contribution is 2.36. The first-order valence-electron chi connectivity index (χ1n) is 8.59. The molecule has 0 aliphatic heterocycles. The lowest BCUT2D eigenvalue weighted by atomic mass is 10.0. The molecule has 4 aromatic rings. The third-order valence-electron chi connectivity index (χ3n) is 4.61. The summed E-state index contributed by atoms with van der Waals surface area (Å²) in [6, 6.07) is 15.1. The zero-order valence-corrected chi connectivity index (χ0v) is 17.0. The van der Waals surface area contributed by atoms with Gasteiger partial charge in [0.05, 0.1) is 11.4 Å². The first-order chi connectivity index (χ1) is 12.5.